The van der Waals surface area contributed by atoms with E-state index in [1.54, 1.807) is 38.1 Å². The molecule has 0 radical (unpaired) electrons. The van der Waals surface area contributed by atoms with Crippen LogP contribution >= 0.6 is 23.2 Å². The van der Waals surface area contributed by atoms with Gasteiger partial charge in [0, 0.05) is 0 Å². The van der Waals surface area contributed by atoms with Gasteiger partial charge in [0.05, 0.1) is 10.0 Å². The number of rotatable bonds is 3. The highest BCUT2D eigenvalue weighted by Crippen LogP contribution is 2.27. The van der Waals surface area contributed by atoms with Gasteiger partial charge in [0.2, 0.25) is 0 Å². The summed E-state index contributed by atoms with van der Waals surface area (Å²) in [5, 5.41) is 0.266. The maximum Gasteiger partial charge on any atom is 0.144 e. The zero-order valence-electron chi connectivity index (χ0n) is 11.2. The van der Waals surface area contributed by atoms with Crippen molar-refractivity contribution in [1.29, 1.82) is 0 Å². The summed E-state index contributed by atoms with van der Waals surface area (Å²) in [6, 6.07) is 6.96. The van der Waals surface area contributed by atoms with Crippen LogP contribution in [0.4, 0.5) is 8.78 Å². The fraction of sp³-hybridized carbons (Fsp3) is 0.250. The van der Waals surface area contributed by atoms with Crippen molar-refractivity contribution in [1.82, 2.24) is 0 Å². The fourth-order valence-corrected chi connectivity index (χ4v) is 2.64. The van der Waals surface area contributed by atoms with Crippen LogP contribution in [0.1, 0.15) is 22.3 Å². The van der Waals surface area contributed by atoms with E-state index in [2.05, 4.69) is 0 Å². The van der Waals surface area contributed by atoms with E-state index in [1.807, 2.05) is 0 Å². The van der Waals surface area contributed by atoms with Crippen LogP contribution in [0.2, 0.25) is 10.0 Å². The average Bonchev–Trinajstić information content (AvgIpc) is 2.43. The van der Waals surface area contributed by atoms with Crippen LogP contribution in [0.5, 0.6) is 0 Å². The molecule has 0 unspecified atom stereocenters. The summed E-state index contributed by atoms with van der Waals surface area (Å²) >= 11 is 12.0. The lowest BCUT2D eigenvalue weighted by atomic mass is 10.0. The van der Waals surface area contributed by atoms with Gasteiger partial charge in [0.1, 0.15) is 11.6 Å². The van der Waals surface area contributed by atoms with E-state index in [4.69, 9.17) is 23.2 Å². The molecule has 0 aliphatic rings. The first-order valence-corrected chi connectivity index (χ1v) is 7.04. The van der Waals surface area contributed by atoms with Gasteiger partial charge < -0.3 is 0 Å². The van der Waals surface area contributed by atoms with Crippen LogP contribution in [0.25, 0.3) is 0 Å². The molecule has 20 heavy (non-hydrogen) atoms. The van der Waals surface area contributed by atoms with Crippen molar-refractivity contribution in [2.24, 2.45) is 0 Å². The molecule has 0 amide bonds. The Morgan fingerprint density at radius 1 is 0.750 bits per heavy atom. The Morgan fingerprint density at radius 2 is 1.10 bits per heavy atom. The number of halogens is 4. The summed E-state index contributed by atoms with van der Waals surface area (Å²) < 4.78 is 27.4. The predicted octanol–water partition coefficient (Wildman–Crippen LogP) is 5.67. The van der Waals surface area contributed by atoms with Crippen molar-refractivity contribution in [3.05, 3.63) is 68.2 Å². The van der Waals surface area contributed by atoms with E-state index in [-0.39, 0.29) is 10.0 Å². The molecule has 106 valence electrons. The Kier molecular flexibility index (Phi) is 4.66. The molecule has 2 rings (SSSR count). The minimum atomic E-state index is -0.398. The summed E-state index contributed by atoms with van der Waals surface area (Å²) in [5.41, 5.74) is 2.43. The Hall–Kier alpha value is -1.12. The summed E-state index contributed by atoms with van der Waals surface area (Å²) in [4.78, 5) is 0. The highest BCUT2D eigenvalue weighted by atomic mass is 35.5. The van der Waals surface area contributed by atoms with E-state index >= 15 is 0 Å². The first kappa shape index (κ1) is 15.3. The molecule has 2 aromatic carbocycles. The first-order valence-electron chi connectivity index (χ1n) is 6.28. The second-order valence-corrected chi connectivity index (χ2v) is 5.60. The maximum absolute atomic E-state index is 13.7. The smallest absolute Gasteiger partial charge is 0.144 e. The van der Waals surface area contributed by atoms with Crippen LogP contribution in [-0.4, -0.2) is 0 Å². The molecule has 0 N–H and O–H groups in total. The van der Waals surface area contributed by atoms with Crippen LogP contribution in [0.15, 0.2) is 24.3 Å². The molecular weight excluding hydrogens is 301 g/mol. The molecule has 0 aliphatic heterocycles. The van der Waals surface area contributed by atoms with Crippen molar-refractivity contribution in [2.45, 2.75) is 26.7 Å². The molecule has 0 aromatic heterocycles. The van der Waals surface area contributed by atoms with E-state index in [9.17, 15) is 8.78 Å². The number of aryl methyl sites for hydroxylation is 4. The summed E-state index contributed by atoms with van der Waals surface area (Å²) in [7, 11) is 0. The third-order valence-electron chi connectivity index (χ3n) is 3.37. The molecule has 4 heteroatoms. The van der Waals surface area contributed by atoms with Gasteiger partial charge in [0.15, 0.2) is 0 Å². The minimum absolute atomic E-state index is 0.133. The van der Waals surface area contributed by atoms with Gasteiger partial charge >= 0.3 is 0 Å². The number of hydrogen-bond acceptors (Lipinski definition) is 0. The lowest BCUT2D eigenvalue weighted by molar-refractivity contribution is 0.614. The molecular formula is C16H14Cl2F2. The highest BCUT2D eigenvalue weighted by molar-refractivity contribution is 6.32. The standard InChI is InChI=1S/C16H14Cl2F2/c1-9-3-5-11(13(17)15(9)19)7-8-12-6-4-10(2)16(20)14(12)18/h3-6H,7-8H2,1-2H3. The molecule has 0 saturated heterocycles. The van der Waals surface area contributed by atoms with Crippen molar-refractivity contribution < 1.29 is 8.78 Å². The van der Waals surface area contributed by atoms with Gasteiger partial charge in [-0.05, 0) is 48.9 Å². The van der Waals surface area contributed by atoms with Gasteiger partial charge in [-0.25, -0.2) is 8.78 Å². The molecule has 0 atom stereocenters. The van der Waals surface area contributed by atoms with E-state index < -0.39 is 11.6 Å². The minimum Gasteiger partial charge on any atom is -0.205 e. The zero-order valence-corrected chi connectivity index (χ0v) is 12.7. The van der Waals surface area contributed by atoms with Gasteiger partial charge in [-0.1, -0.05) is 47.5 Å². The number of hydrogen-bond donors (Lipinski definition) is 0. The van der Waals surface area contributed by atoms with Crippen LogP contribution in [0, 0.1) is 25.5 Å². The average molecular weight is 315 g/mol. The van der Waals surface area contributed by atoms with Crippen LogP contribution in [0.3, 0.4) is 0 Å². The fourth-order valence-electron chi connectivity index (χ4n) is 2.03. The van der Waals surface area contributed by atoms with E-state index in [1.165, 1.54) is 0 Å². The summed E-state index contributed by atoms with van der Waals surface area (Å²) in [6.45, 7) is 3.33. The van der Waals surface area contributed by atoms with Crippen LogP contribution in [-0.2, 0) is 12.8 Å². The zero-order chi connectivity index (χ0) is 14.9. The second kappa shape index (κ2) is 6.11. The van der Waals surface area contributed by atoms with Gasteiger partial charge in [-0.3, -0.25) is 0 Å². The molecule has 0 saturated carbocycles. The maximum atomic E-state index is 13.7. The highest BCUT2D eigenvalue weighted by Gasteiger charge is 2.12. The van der Waals surface area contributed by atoms with Crippen molar-refractivity contribution >= 4 is 23.2 Å². The third-order valence-corrected chi connectivity index (χ3v) is 4.19. The summed E-state index contributed by atoms with van der Waals surface area (Å²) in [6.07, 6.45) is 1.02. The Morgan fingerprint density at radius 3 is 1.45 bits per heavy atom. The lowest BCUT2D eigenvalue weighted by Gasteiger charge is -2.09. The third kappa shape index (κ3) is 2.97. The molecule has 0 heterocycles. The molecule has 0 bridgehead atoms. The van der Waals surface area contributed by atoms with Crippen LogP contribution < -0.4 is 0 Å². The lowest BCUT2D eigenvalue weighted by Crippen LogP contribution is -1.98. The molecule has 0 aliphatic carbocycles. The van der Waals surface area contributed by atoms with Gasteiger partial charge in [0.25, 0.3) is 0 Å². The molecule has 0 fully saturated rings. The second-order valence-electron chi connectivity index (χ2n) is 4.84. The quantitative estimate of drug-likeness (QED) is 0.684. The monoisotopic (exact) mass is 314 g/mol. The van der Waals surface area contributed by atoms with Gasteiger partial charge in [-0.2, -0.15) is 0 Å². The topological polar surface area (TPSA) is 0 Å². The SMILES string of the molecule is Cc1ccc(CCc2ccc(C)c(F)c2Cl)c(Cl)c1F. The Balaban J connectivity index is 2.22. The van der Waals surface area contributed by atoms with E-state index in [0.717, 1.165) is 0 Å². The molecule has 0 spiro atoms. The normalized spacial score (nSPS) is 10.9. The Labute approximate surface area is 127 Å². The predicted molar refractivity (Wildman–Crippen MR) is 79.7 cm³/mol. The molecule has 2 aromatic rings. The summed E-state index contributed by atoms with van der Waals surface area (Å²) in [5.74, 6) is -0.796. The molecule has 0 nitrogen and oxygen atoms in total. The van der Waals surface area contributed by atoms with Gasteiger partial charge in [-0.15, -0.1) is 0 Å². The number of benzene rings is 2. The van der Waals surface area contributed by atoms with Crippen molar-refractivity contribution in [3.8, 4) is 0 Å². The van der Waals surface area contributed by atoms with Crippen molar-refractivity contribution in [2.75, 3.05) is 0 Å². The van der Waals surface area contributed by atoms with E-state index in [0.29, 0.717) is 35.1 Å². The van der Waals surface area contributed by atoms with Crippen molar-refractivity contribution in [3.63, 3.8) is 0 Å². The largest absolute Gasteiger partial charge is 0.205 e. The first-order chi connectivity index (χ1) is 9.41. The Bertz CT molecular complexity index is 594.